The zero-order valence-corrected chi connectivity index (χ0v) is 12.8. The fourth-order valence-electron chi connectivity index (χ4n) is 3.48. The van der Waals surface area contributed by atoms with Crippen molar-refractivity contribution in [3.05, 3.63) is 23.3 Å². The van der Waals surface area contributed by atoms with Gasteiger partial charge in [-0.05, 0) is 37.3 Å². The Bertz CT molecular complexity index is 593. The summed E-state index contributed by atoms with van der Waals surface area (Å²) in [5.41, 5.74) is 1.92. The molecule has 3 aliphatic rings. The van der Waals surface area contributed by atoms with Crippen molar-refractivity contribution in [3.8, 4) is 0 Å². The molecule has 0 saturated carbocycles. The summed E-state index contributed by atoms with van der Waals surface area (Å²) in [6, 6.07) is -0.202. The number of carbonyl (C=O) groups is 3. The molecule has 3 atom stereocenters. The van der Waals surface area contributed by atoms with E-state index >= 15 is 0 Å². The lowest BCUT2D eigenvalue weighted by molar-refractivity contribution is -0.143. The van der Waals surface area contributed by atoms with E-state index in [1.54, 1.807) is 6.92 Å². The number of cyclic esters (lactones) is 1. The lowest BCUT2D eigenvalue weighted by Gasteiger charge is -2.39. The Hall–Kier alpha value is -1.95. The SMILES string of the molecule is CC(=O)NC[C@@H]1OC(=O)C2CC=C3C=C(C(C)=O)CCC3N21. The van der Waals surface area contributed by atoms with Gasteiger partial charge >= 0.3 is 5.97 Å². The summed E-state index contributed by atoms with van der Waals surface area (Å²) in [7, 11) is 0. The average molecular weight is 304 g/mol. The minimum atomic E-state index is -0.428. The van der Waals surface area contributed by atoms with Gasteiger partial charge in [-0.2, -0.15) is 0 Å². The molecular formula is C16H20N2O4. The van der Waals surface area contributed by atoms with Crippen LogP contribution in [0.2, 0.25) is 0 Å². The highest BCUT2D eigenvalue weighted by atomic mass is 16.6. The molecule has 2 unspecified atom stereocenters. The third-order valence-corrected chi connectivity index (χ3v) is 4.54. The highest BCUT2D eigenvalue weighted by Crippen LogP contribution is 2.37. The third kappa shape index (κ3) is 2.59. The predicted octanol–water partition coefficient (Wildman–Crippen LogP) is 0.684. The topological polar surface area (TPSA) is 75.7 Å². The normalized spacial score (nSPS) is 30.6. The molecule has 0 aromatic carbocycles. The summed E-state index contributed by atoms with van der Waals surface area (Å²) in [6.45, 7) is 3.32. The predicted molar refractivity (Wildman–Crippen MR) is 78.7 cm³/mol. The molecule has 6 heteroatoms. The largest absolute Gasteiger partial charge is 0.443 e. The monoisotopic (exact) mass is 304 g/mol. The molecule has 0 spiro atoms. The Kier molecular flexibility index (Phi) is 3.87. The molecule has 1 saturated heterocycles. The molecular weight excluding hydrogens is 284 g/mol. The molecule has 0 radical (unpaired) electrons. The fraction of sp³-hybridized carbons (Fsp3) is 0.562. The summed E-state index contributed by atoms with van der Waals surface area (Å²) >= 11 is 0. The van der Waals surface area contributed by atoms with Crippen LogP contribution in [0.5, 0.6) is 0 Å². The number of amides is 1. The maximum atomic E-state index is 12.0. The number of hydrogen-bond acceptors (Lipinski definition) is 5. The van der Waals surface area contributed by atoms with Gasteiger partial charge in [0, 0.05) is 13.0 Å². The second kappa shape index (κ2) is 5.68. The molecule has 2 aliphatic heterocycles. The third-order valence-electron chi connectivity index (χ3n) is 4.54. The van der Waals surface area contributed by atoms with Crippen molar-refractivity contribution in [1.82, 2.24) is 10.2 Å². The first-order valence-electron chi connectivity index (χ1n) is 7.61. The maximum Gasteiger partial charge on any atom is 0.325 e. The summed E-state index contributed by atoms with van der Waals surface area (Å²) in [5, 5.41) is 2.72. The Labute approximate surface area is 129 Å². The van der Waals surface area contributed by atoms with Gasteiger partial charge in [-0.3, -0.25) is 14.4 Å². The number of rotatable bonds is 3. The van der Waals surface area contributed by atoms with Crippen LogP contribution in [0.15, 0.2) is 23.3 Å². The highest BCUT2D eigenvalue weighted by molar-refractivity contribution is 5.94. The minimum absolute atomic E-state index is 0.0760. The first-order valence-corrected chi connectivity index (χ1v) is 7.61. The molecule has 1 amide bonds. The van der Waals surface area contributed by atoms with Gasteiger partial charge in [-0.1, -0.05) is 12.2 Å². The molecule has 0 aromatic heterocycles. The van der Waals surface area contributed by atoms with Crippen LogP contribution < -0.4 is 5.32 Å². The Morgan fingerprint density at radius 2 is 2.14 bits per heavy atom. The van der Waals surface area contributed by atoms with Gasteiger partial charge in [-0.25, -0.2) is 4.90 Å². The minimum Gasteiger partial charge on any atom is -0.443 e. The zero-order valence-electron chi connectivity index (χ0n) is 12.8. The quantitative estimate of drug-likeness (QED) is 0.776. The van der Waals surface area contributed by atoms with Crippen molar-refractivity contribution in [3.63, 3.8) is 0 Å². The first-order chi connectivity index (χ1) is 10.5. The first kappa shape index (κ1) is 15.0. The lowest BCUT2D eigenvalue weighted by Crippen LogP contribution is -2.52. The summed E-state index contributed by atoms with van der Waals surface area (Å²) in [5.74, 6) is -0.272. The van der Waals surface area contributed by atoms with E-state index in [-0.39, 0.29) is 29.7 Å². The summed E-state index contributed by atoms with van der Waals surface area (Å²) in [6.07, 6.45) is 5.65. The molecule has 0 aromatic rings. The van der Waals surface area contributed by atoms with E-state index in [1.807, 2.05) is 12.2 Å². The van der Waals surface area contributed by atoms with E-state index in [4.69, 9.17) is 4.74 Å². The molecule has 6 nitrogen and oxygen atoms in total. The van der Waals surface area contributed by atoms with Crippen LogP contribution in [0.1, 0.15) is 33.1 Å². The van der Waals surface area contributed by atoms with Crippen LogP contribution in [0, 0.1) is 0 Å². The van der Waals surface area contributed by atoms with Crippen molar-refractivity contribution in [2.24, 2.45) is 0 Å². The molecule has 1 aliphatic carbocycles. The summed E-state index contributed by atoms with van der Waals surface area (Å²) < 4.78 is 5.43. The van der Waals surface area contributed by atoms with Gasteiger partial charge in [-0.15, -0.1) is 0 Å². The average Bonchev–Trinajstić information content (AvgIpc) is 2.81. The van der Waals surface area contributed by atoms with Crippen molar-refractivity contribution >= 4 is 17.7 Å². The number of allylic oxidation sites excluding steroid dienone is 1. The van der Waals surface area contributed by atoms with Crippen LogP contribution in [-0.2, 0) is 19.1 Å². The van der Waals surface area contributed by atoms with E-state index in [9.17, 15) is 14.4 Å². The standard InChI is InChI=1S/C16H20N2O4/c1-9(19)11-3-5-13-12(7-11)4-6-14-16(21)22-15(18(13)14)8-17-10(2)20/h4,7,13-15H,3,5-6,8H2,1-2H3,(H,17,20)/t13?,14?,15-/m0/s1. The van der Waals surface area contributed by atoms with E-state index < -0.39 is 6.23 Å². The highest BCUT2D eigenvalue weighted by Gasteiger charge is 2.48. The van der Waals surface area contributed by atoms with Gasteiger partial charge < -0.3 is 10.1 Å². The van der Waals surface area contributed by atoms with Gasteiger partial charge in [0.25, 0.3) is 0 Å². The van der Waals surface area contributed by atoms with Gasteiger partial charge in [0.1, 0.15) is 6.04 Å². The zero-order chi connectivity index (χ0) is 15.9. The number of esters is 1. The number of ketones is 1. The second-order valence-corrected chi connectivity index (χ2v) is 6.01. The Morgan fingerprint density at radius 3 is 2.82 bits per heavy atom. The number of hydrogen-bond donors (Lipinski definition) is 1. The Morgan fingerprint density at radius 1 is 1.36 bits per heavy atom. The van der Waals surface area contributed by atoms with Crippen molar-refractivity contribution in [1.29, 1.82) is 0 Å². The number of Topliss-reactive ketones (excluding diaryl/α,β-unsaturated/α-hetero) is 1. The molecule has 1 fully saturated rings. The van der Waals surface area contributed by atoms with Crippen molar-refractivity contribution < 1.29 is 19.1 Å². The van der Waals surface area contributed by atoms with Crippen molar-refractivity contribution in [2.45, 2.75) is 51.4 Å². The van der Waals surface area contributed by atoms with Gasteiger partial charge in [0.05, 0.1) is 6.54 Å². The van der Waals surface area contributed by atoms with Gasteiger partial charge in [0.15, 0.2) is 12.0 Å². The molecule has 22 heavy (non-hydrogen) atoms. The molecule has 3 rings (SSSR count). The molecule has 1 N–H and O–H groups in total. The van der Waals surface area contributed by atoms with E-state index in [0.29, 0.717) is 19.4 Å². The summed E-state index contributed by atoms with van der Waals surface area (Å²) in [4.78, 5) is 36.8. The van der Waals surface area contributed by atoms with Gasteiger partial charge in [0.2, 0.25) is 5.91 Å². The molecule has 118 valence electrons. The number of ether oxygens (including phenoxy) is 1. The van der Waals surface area contributed by atoms with Crippen LogP contribution in [0.3, 0.4) is 0 Å². The Balaban J connectivity index is 1.84. The number of carbonyl (C=O) groups excluding carboxylic acids is 3. The second-order valence-electron chi connectivity index (χ2n) is 6.01. The van der Waals surface area contributed by atoms with E-state index in [1.165, 1.54) is 6.92 Å². The van der Waals surface area contributed by atoms with Crippen LogP contribution in [0.4, 0.5) is 0 Å². The van der Waals surface area contributed by atoms with Crippen LogP contribution in [-0.4, -0.2) is 47.4 Å². The smallest absolute Gasteiger partial charge is 0.325 e. The van der Waals surface area contributed by atoms with Crippen LogP contribution in [0.25, 0.3) is 0 Å². The fourth-order valence-corrected chi connectivity index (χ4v) is 3.48. The lowest BCUT2D eigenvalue weighted by atomic mass is 9.84. The van der Waals surface area contributed by atoms with E-state index in [0.717, 1.165) is 17.6 Å². The van der Waals surface area contributed by atoms with Crippen LogP contribution >= 0.6 is 0 Å². The number of fused-ring (bicyclic) bond motifs is 3. The number of nitrogens with zero attached hydrogens (tertiary/aromatic N) is 1. The maximum absolute atomic E-state index is 12.0. The van der Waals surface area contributed by atoms with Crippen molar-refractivity contribution in [2.75, 3.05) is 6.54 Å². The molecule has 2 heterocycles. The number of nitrogens with one attached hydrogen (secondary N) is 1. The van der Waals surface area contributed by atoms with E-state index in [2.05, 4.69) is 10.2 Å². The molecule has 0 bridgehead atoms.